The minimum absolute atomic E-state index is 0.270. The van der Waals surface area contributed by atoms with Crippen molar-refractivity contribution in [1.82, 2.24) is 4.98 Å². The molecule has 6 nitrogen and oxygen atoms in total. The van der Waals surface area contributed by atoms with Gasteiger partial charge in [-0.1, -0.05) is 0 Å². The molecule has 0 fully saturated rings. The lowest BCUT2D eigenvalue weighted by Gasteiger charge is -1.90. The molecule has 0 atom stereocenters. The van der Waals surface area contributed by atoms with E-state index in [9.17, 15) is 8.42 Å². The van der Waals surface area contributed by atoms with E-state index in [0.29, 0.717) is 5.76 Å². The molecule has 0 aromatic carbocycles. The zero-order valence-electron chi connectivity index (χ0n) is 6.88. The number of rotatable bonds is 2. The van der Waals surface area contributed by atoms with Crippen LogP contribution in [0.25, 0.3) is 11.5 Å². The third-order valence-electron chi connectivity index (χ3n) is 1.54. The Hall–Kier alpha value is -1.60. The van der Waals surface area contributed by atoms with Gasteiger partial charge in [-0.2, -0.15) is 0 Å². The third kappa shape index (κ3) is 1.54. The van der Waals surface area contributed by atoms with Crippen LogP contribution in [0.2, 0.25) is 0 Å². The van der Waals surface area contributed by atoms with E-state index >= 15 is 0 Å². The van der Waals surface area contributed by atoms with Crippen molar-refractivity contribution in [3.05, 3.63) is 24.7 Å². The second kappa shape index (κ2) is 2.96. The molecule has 2 aromatic rings. The number of primary sulfonamides is 1. The van der Waals surface area contributed by atoms with Crippen LogP contribution in [0.4, 0.5) is 0 Å². The van der Waals surface area contributed by atoms with Crippen LogP contribution in [0.3, 0.4) is 0 Å². The molecule has 0 aliphatic carbocycles. The molecular formula is C7H6N2O4S. The van der Waals surface area contributed by atoms with Gasteiger partial charge in [0.2, 0.25) is 5.09 Å². The van der Waals surface area contributed by atoms with Crippen molar-refractivity contribution >= 4 is 10.0 Å². The van der Waals surface area contributed by atoms with Crippen LogP contribution in [0.5, 0.6) is 0 Å². The zero-order valence-corrected chi connectivity index (χ0v) is 7.69. The number of furan rings is 1. The van der Waals surface area contributed by atoms with Gasteiger partial charge in [0, 0.05) is 0 Å². The average molecular weight is 214 g/mol. The molecule has 0 bridgehead atoms. The molecule has 0 saturated heterocycles. The van der Waals surface area contributed by atoms with Crippen molar-refractivity contribution in [3.63, 3.8) is 0 Å². The first kappa shape index (κ1) is 8.97. The fourth-order valence-electron chi connectivity index (χ4n) is 0.943. The predicted octanol–water partition coefficient (Wildman–Crippen LogP) is 0.582. The lowest BCUT2D eigenvalue weighted by Crippen LogP contribution is -2.10. The highest BCUT2D eigenvalue weighted by Gasteiger charge is 2.15. The van der Waals surface area contributed by atoms with Gasteiger partial charge < -0.3 is 8.83 Å². The number of oxazole rings is 1. The van der Waals surface area contributed by atoms with Crippen molar-refractivity contribution < 1.29 is 17.3 Å². The van der Waals surface area contributed by atoms with E-state index in [1.54, 1.807) is 0 Å². The van der Waals surface area contributed by atoms with Gasteiger partial charge in [0.05, 0.1) is 6.20 Å². The SMILES string of the molecule is NS(=O)(=O)c1ccc(-c2cnco2)o1. The Morgan fingerprint density at radius 3 is 2.57 bits per heavy atom. The van der Waals surface area contributed by atoms with Crippen LogP contribution >= 0.6 is 0 Å². The van der Waals surface area contributed by atoms with E-state index in [1.807, 2.05) is 0 Å². The van der Waals surface area contributed by atoms with E-state index in [2.05, 4.69) is 4.98 Å². The summed E-state index contributed by atoms with van der Waals surface area (Å²) in [6, 6.07) is 2.70. The van der Waals surface area contributed by atoms with Gasteiger partial charge >= 0.3 is 0 Å². The zero-order chi connectivity index (χ0) is 10.2. The lowest BCUT2D eigenvalue weighted by atomic mass is 10.4. The molecule has 0 spiro atoms. The van der Waals surface area contributed by atoms with Crippen LogP contribution in [-0.2, 0) is 10.0 Å². The van der Waals surface area contributed by atoms with E-state index in [0.717, 1.165) is 0 Å². The summed E-state index contributed by atoms with van der Waals surface area (Å²) >= 11 is 0. The molecule has 0 aliphatic heterocycles. The van der Waals surface area contributed by atoms with E-state index in [1.165, 1.54) is 24.7 Å². The summed E-state index contributed by atoms with van der Waals surface area (Å²) in [4.78, 5) is 3.66. The Balaban J connectivity index is 2.46. The smallest absolute Gasteiger partial charge is 0.271 e. The molecule has 2 N–H and O–H groups in total. The summed E-state index contributed by atoms with van der Waals surface area (Å²) < 4.78 is 31.6. The first-order chi connectivity index (χ1) is 6.57. The molecule has 2 rings (SSSR count). The standard InChI is InChI=1S/C7H6N2O4S/c8-14(10,11)7-2-1-5(13-7)6-3-9-4-12-6/h1-4H,(H2,8,10,11). The minimum Gasteiger partial charge on any atom is -0.440 e. The molecule has 0 aliphatic rings. The highest BCUT2D eigenvalue weighted by atomic mass is 32.2. The number of hydrogen-bond acceptors (Lipinski definition) is 5. The Bertz CT molecular complexity index is 526. The predicted molar refractivity (Wildman–Crippen MR) is 45.6 cm³/mol. The molecule has 14 heavy (non-hydrogen) atoms. The first-order valence-corrected chi connectivity index (χ1v) is 5.13. The fraction of sp³-hybridized carbons (Fsp3) is 0. The molecule has 0 radical (unpaired) electrons. The van der Waals surface area contributed by atoms with Crippen LogP contribution in [0, 0.1) is 0 Å². The van der Waals surface area contributed by atoms with Crippen LogP contribution < -0.4 is 5.14 Å². The largest absolute Gasteiger partial charge is 0.440 e. The van der Waals surface area contributed by atoms with Crippen LogP contribution in [0.1, 0.15) is 0 Å². The maximum absolute atomic E-state index is 10.9. The number of nitrogens with two attached hydrogens (primary N) is 1. The Labute approximate surface area is 79.4 Å². The molecule has 7 heteroatoms. The molecule has 0 saturated carbocycles. The maximum atomic E-state index is 10.9. The molecule has 0 unspecified atom stereocenters. The molecule has 2 aromatic heterocycles. The Kier molecular flexibility index (Phi) is 1.90. The molecular weight excluding hydrogens is 208 g/mol. The minimum atomic E-state index is -3.80. The summed E-state index contributed by atoms with van der Waals surface area (Å²) in [5.41, 5.74) is 0. The Morgan fingerprint density at radius 1 is 1.29 bits per heavy atom. The maximum Gasteiger partial charge on any atom is 0.271 e. The second-order valence-corrected chi connectivity index (χ2v) is 4.02. The summed E-state index contributed by atoms with van der Waals surface area (Å²) in [5, 5.41) is 4.55. The van der Waals surface area contributed by atoms with E-state index < -0.39 is 10.0 Å². The molecule has 74 valence electrons. The van der Waals surface area contributed by atoms with Gasteiger partial charge in [0.1, 0.15) is 0 Å². The number of hydrogen-bond donors (Lipinski definition) is 1. The highest BCUT2D eigenvalue weighted by Crippen LogP contribution is 2.22. The van der Waals surface area contributed by atoms with E-state index in [4.69, 9.17) is 14.0 Å². The lowest BCUT2D eigenvalue weighted by molar-refractivity contribution is 0.445. The van der Waals surface area contributed by atoms with Crippen LogP contribution in [0.15, 0.2) is 38.6 Å². The summed E-state index contributed by atoms with van der Waals surface area (Å²) in [7, 11) is -3.80. The van der Waals surface area contributed by atoms with Gasteiger partial charge in [0.25, 0.3) is 10.0 Å². The monoisotopic (exact) mass is 214 g/mol. The summed E-state index contributed by atoms with van der Waals surface area (Å²) in [5.74, 6) is 0.617. The van der Waals surface area contributed by atoms with Crippen molar-refractivity contribution in [1.29, 1.82) is 0 Å². The van der Waals surface area contributed by atoms with E-state index in [-0.39, 0.29) is 10.9 Å². The first-order valence-electron chi connectivity index (χ1n) is 3.59. The summed E-state index contributed by atoms with van der Waals surface area (Å²) in [6.07, 6.45) is 2.63. The highest BCUT2D eigenvalue weighted by molar-refractivity contribution is 7.89. The quantitative estimate of drug-likeness (QED) is 0.788. The second-order valence-electron chi connectivity index (χ2n) is 2.53. The van der Waals surface area contributed by atoms with Crippen LogP contribution in [-0.4, -0.2) is 13.4 Å². The number of sulfonamides is 1. The number of aromatic nitrogens is 1. The van der Waals surface area contributed by atoms with Crippen molar-refractivity contribution in [2.24, 2.45) is 5.14 Å². The topological polar surface area (TPSA) is 99.3 Å². The molecule has 2 heterocycles. The van der Waals surface area contributed by atoms with Crippen molar-refractivity contribution in [2.45, 2.75) is 5.09 Å². The van der Waals surface area contributed by atoms with Gasteiger partial charge in [-0.25, -0.2) is 18.5 Å². The van der Waals surface area contributed by atoms with Crippen molar-refractivity contribution in [3.8, 4) is 11.5 Å². The Morgan fingerprint density at radius 2 is 2.07 bits per heavy atom. The van der Waals surface area contributed by atoms with Gasteiger partial charge in [-0.3, -0.25) is 0 Å². The number of nitrogens with zero attached hydrogens (tertiary/aromatic N) is 1. The fourth-order valence-corrected chi connectivity index (χ4v) is 1.41. The normalized spacial score (nSPS) is 11.8. The summed E-state index contributed by atoms with van der Waals surface area (Å²) in [6.45, 7) is 0. The van der Waals surface area contributed by atoms with Gasteiger partial charge in [0.15, 0.2) is 17.9 Å². The van der Waals surface area contributed by atoms with Gasteiger partial charge in [-0.05, 0) is 12.1 Å². The average Bonchev–Trinajstić information content (AvgIpc) is 2.73. The third-order valence-corrected chi connectivity index (χ3v) is 2.32. The molecule has 0 amide bonds. The van der Waals surface area contributed by atoms with Gasteiger partial charge in [-0.15, -0.1) is 0 Å². The van der Waals surface area contributed by atoms with Crippen molar-refractivity contribution in [2.75, 3.05) is 0 Å².